The van der Waals surface area contributed by atoms with E-state index in [1.54, 1.807) is 0 Å². The number of hydrogen-bond donors (Lipinski definition) is 2. The molecule has 0 saturated carbocycles. The smallest absolute Gasteiger partial charge is 0.244 e. The van der Waals surface area contributed by atoms with Crippen LogP contribution in [-0.2, 0) is 4.79 Å². The van der Waals surface area contributed by atoms with E-state index in [4.69, 9.17) is 0 Å². The first-order valence-electron chi connectivity index (χ1n) is 11.5. The molecule has 8 heteroatoms. The molecule has 2 N–H and O–H groups in total. The summed E-state index contributed by atoms with van der Waals surface area (Å²) in [7, 11) is 0. The van der Waals surface area contributed by atoms with Crippen molar-refractivity contribution in [3.63, 3.8) is 0 Å². The largest absolute Gasteiger partial charge is 0.368 e. The number of hydrogen-bond acceptors (Lipinski definition) is 4. The number of para-hydroxylation sites is 1. The Hall–Kier alpha value is -1.55. The van der Waals surface area contributed by atoms with Crippen molar-refractivity contribution < 1.29 is 4.79 Å². The third kappa shape index (κ3) is 8.14. The molecule has 31 heavy (non-hydrogen) atoms. The van der Waals surface area contributed by atoms with Crippen LogP contribution < -0.4 is 15.5 Å². The number of carbonyl (C=O) groups is 1. The van der Waals surface area contributed by atoms with Gasteiger partial charge < -0.3 is 25.3 Å². The van der Waals surface area contributed by atoms with Gasteiger partial charge in [0.1, 0.15) is 6.54 Å². The van der Waals surface area contributed by atoms with E-state index >= 15 is 0 Å². The molecule has 1 aromatic rings. The summed E-state index contributed by atoms with van der Waals surface area (Å²) in [6.45, 7) is 12.0. The van der Waals surface area contributed by atoms with Crippen molar-refractivity contribution in [1.29, 1.82) is 0 Å². The zero-order chi connectivity index (χ0) is 21.2. The van der Waals surface area contributed by atoms with Crippen LogP contribution in [0.25, 0.3) is 0 Å². The second-order valence-corrected chi connectivity index (χ2v) is 8.16. The van der Waals surface area contributed by atoms with Crippen LogP contribution in [0.2, 0.25) is 0 Å². The number of likely N-dealkylation sites (tertiary alicyclic amines) is 1. The van der Waals surface area contributed by atoms with Crippen molar-refractivity contribution >= 4 is 41.5 Å². The molecule has 0 radical (unpaired) electrons. The van der Waals surface area contributed by atoms with Crippen LogP contribution in [0.5, 0.6) is 0 Å². The van der Waals surface area contributed by atoms with Crippen molar-refractivity contribution in [3.05, 3.63) is 30.3 Å². The number of carbonyl (C=O) groups excluding carboxylic acids is 1. The summed E-state index contributed by atoms with van der Waals surface area (Å²) in [6, 6.07) is 10.8. The molecule has 2 fully saturated rings. The number of anilines is 1. The Morgan fingerprint density at radius 1 is 1.03 bits per heavy atom. The summed E-state index contributed by atoms with van der Waals surface area (Å²) in [6.07, 6.45) is 3.46. The van der Waals surface area contributed by atoms with Crippen LogP contribution in [0, 0.1) is 0 Å². The van der Waals surface area contributed by atoms with Crippen LogP contribution >= 0.6 is 24.0 Å². The van der Waals surface area contributed by atoms with Gasteiger partial charge in [-0.2, -0.15) is 0 Å². The van der Waals surface area contributed by atoms with Gasteiger partial charge in [0.25, 0.3) is 0 Å². The molecule has 2 saturated heterocycles. The van der Waals surface area contributed by atoms with E-state index in [9.17, 15) is 4.79 Å². The Balaban J connectivity index is 0.00000341. The minimum absolute atomic E-state index is 0. The highest BCUT2D eigenvalue weighted by Crippen LogP contribution is 2.15. The lowest BCUT2D eigenvalue weighted by atomic mass is 10.1. The molecule has 0 atom stereocenters. The van der Waals surface area contributed by atoms with E-state index in [1.165, 1.54) is 18.7 Å². The molecule has 174 valence electrons. The topological polar surface area (TPSA) is 63.2 Å². The fourth-order valence-electron chi connectivity index (χ4n) is 4.23. The fraction of sp³-hybridized carbons (Fsp3) is 0.652. The van der Waals surface area contributed by atoms with Gasteiger partial charge in [0, 0.05) is 57.5 Å². The highest BCUT2D eigenvalue weighted by Gasteiger charge is 2.22. The van der Waals surface area contributed by atoms with Gasteiger partial charge in [-0.1, -0.05) is 25.1 Å². The molecule has 0 spiro atoms. The molecule has 0 aliphatic carbocycles. The Morgan fingerprint density at radius 3 is 2.32 bits per heavy atom. The minimum Gasteiger partial charge on any atom is -0.368 e. The zero-order valence-electron chi connectivity index (χ0n) is 19.1. The summed E-state index contributed by atoms with van der Waals surface area (Å²) in [4.78, 5) is 24.1. The highest BCUT2D eigenvalue weighted by molar-refractivity contribution is 14.0. The molecule has 2 aliphatic rings. The van der Waals surface area contributed by atoms with Gasteiger partial charge in [-0.3, -0.25) is 4.79 Å². The summed E-state index contributed by atoms with van der Waals surface area (Å²) < 4.78 is 0. The first-order chi connectivity index (χ1) is 14.7. The van der Waals surface area contributed by atoms with E-state index in [0.717, 1.165) is 64.6 Å². The first kappa shape index (κ1) is 25.7. The van der Waals surface area contributed by atoms with Gasteiger partial charge in [0.15, 0.2) is 5.96 Å². The normalized spacial score (nSPS) is 18.5. The summed E-state index contributed by atoms with van der Waals surface area (Å²) in [5, 5.41) is 6.84. The number of rotatable bonds is 7. The van der Waals surface area contributed by atoms with E-state index in [-0.39, 0.29) is 36.4 Å². The lowest BCUT2D eigenvalue weighted by Gasteiger charge is -2.36. The molecule has 2 aliphatic heterocycles. The fourth-order valence-corrected chi connectivity index (χ4v) is 4.23. The Bertz CT molecular complexity index is 670. The number of piperazine rings is 1. The molecule has 2 heterocycles. The van der Waals surface area contributed by atoms with Gasteiger partial charge in [0.05, 0.1) is 0 Å². The average molecular weight is 543 g/mol. The second kappa shape index (κ2) is 13.8. The monoisotopic (exact) mass is 542 g/mol. The van der Waals surface area contributed by atoms with Gasteiger partial charge in [0.2, 0.25) is 5.91 Å². The van der Waals surface area contributed by atoms with Crippen LogP contribution in [-0.4, -0.2) is 86.6 Å². The Labute approximate surface area is 204 Å². The Kier molecular flexibility index (Phi) is 11.4. The number of amides is 1. The number of piperidine rings is 1. The van der Waals surface area contributed by atoms with Gasteiger partial charge in [-0.05, 0) is 44.9 Å². The molecular formula is C23H39IN6O. The third-order valence-electron chi connectivity index (χ3n) is 5.94. The number of halogens is 1. The predicted octanol–water partition coefficient (Wildman–Crippen LogP) is 2.38. The van der Waals surface area contributed by atoms with Crippen LogP contribution in [0.1, 0.15) is 33.1 Å². The second-order valence-electron chi connectivity index (χ2n) is 8.16. The summed E-state index contributed by atoms with van der Waals surface area (Å²) in [5.41, 5.74) is 1.23. The van der Waals surface area contributed by atoms with E-state index in [0.29, 0.717) is 6.04 Å². The number of nitrogens with zero attached hydrogens (tertiary/aromatic N) is 4. The molecule has 1 aromatic carbocycles. The average Bonchev–Trinajstić information content (AvgIpc) is 2.79. The van der Waals surface area contributed by atoms with Gasteiger partial charge in [-0.15, -0.1) is 24.0 Å². The number of aliphatic imine (C=N–C) groups is 1. The molecule has 0 unspecified atom stereocenters. The van der Waals surface area contributed by atoms with Gasteiger partial charge >= 0.3 is 0 Å². The quantitative estimate of drug-likeness (QED) is 0.315. The third-order valence-corrected chi connectivity index (χ3v) is 5.94. The van der Waals surface area contributed by atoms with Gasteiger partial charge in [-0.25, -0.2) is 4.99 Å². The first-order valence-corrected chi connectivity index (χ1v) is 11.5. The number of benzene rings is 1. The maximum atomic E-state index is 12.7. The van der Waals surface area contributed by atoms with Crippen LogP contribution in [0.15, 0.2) is 35.3 Å². The SMILES string of the molecule is CCCN1CCC(NC(=NCC(=O)N2CCN(c3ccccc3)CC2)NCC)CC1.I. The van der Waals surface area contributed by atoms with E-state index < -0.39 is 0 Å². The van der Waals surface area contributed by atoms with Crippen molar-refractivity contribution in [2.24, 2.45) is 4.99 Å². The molecular weight excluding hydrogens is 503 g/mol. The maximum Gasteiger partial charge on any atom is 0.244 e. The van der Waals surface area contributed by atoms with Crippen molar-refractivity contribution in [2.75, 3.05) is 63.8 Å². The standard InChI is InChI=1S/C23H38N6O.HI/c1-3-12-27-13-10-20(11-14-27)26-23(24-4-2)25-19-22(30)29-17-15-28(16-18-29)21-8-6-5-7-9-21;/h5-9,20H,3-4,10-19H2,1-2H3,(H2,24,25,26);1H. The maximum absolute atomic E-state index is 12.7. The molecule has 3 rings (SSSR count). The highest BCUT2D eigenvalue weighted by atomic mass is 127. The van der Waals surface area contributed by atoms with Crippen LogP contribution in [0.4, 0.5) is 5.69 Å². The van der Waals surface area contributed by atoms with Crippen molar-refractivity contribution in [3.8, 4) is 0 Å². The van der Waals surface area contributed by atoms with Crippen molar-refractivity contribution in [1.82, 2.24) is 20.4 Å². The molecule has 0 aromatic heterocycles. The predicted molar refractivity (Wildman–Crippen MR) is 140 cm³/mol. The minimum atomic E-state index is 0. The lowest BCUT2D eigenvalue weighted by Crippen LogP contribution is -2.50. The molecule has 1 amide bonds. The number of nitrogens with one attached hydrogen (secondary N) is 2. The molecule has 7 nitrogen and oxygen atoms in total. The molecule has 0 bridgehead atoms. The summed E-state index contributed by atoms with van der Waals surface area (Å²) in [5.74, 6) is 0.875. The van der Waals surface area contributed by atoms with E-state index in [2.05, 4.69) is 63.5 Å². The summed E-state index contributed by atoms with van der Waals surface area (Å²) >= 11 is 0. The van der Waals surface area contributed by atoms with E-state index in [1.807, 2.05) is 11.0 Å². The Morgan fingerprint density at radius 2 is 1.71 bits per heavy atom. The zero-order valence-corrected chi connectivity index (χ0v) is 21.4. The lowest BCUT2D eigenvalue weighted by molar-refractivity contribution is -0.129. The van der Waals surface area contributed by atoms with Crippen LogP contribution in [0.3, 0.4) is 0 Å². The van der Waals surface area contributed by atoms with Crippen molar-refractivity contribution in [2.45, 2.75) is 39.2 Å². The number of guanidine groups is 1.